The van der Waals surface area contributed by atoms with Gasteiger partial charge in [-0.15, -0.1) is 0 Å². The summed E-state index contributed by atoms with van der Waals surface area (Å²) < 4.78 is 5.13. The lowest BCUT2D eigenvalue weighted by Gasteiger charge is -2.18. The third-order valence-corrected chi connectivity index (χ3v) is 3.46. The molecule has 5 heteroatoms. The highest BCUT2D eigenvalue weighted by atomic mass is 35.5. The fraction of sp³-hybridized carbons (Fsp3) is 0.143. The van der Waals surface area contributed by atoms with Crippen LogP contribution in [0, 0.1) is 0 Å². The Morgan fingerprint density at radius 2 is 1.79 bits per heavy atom. The SMILES string of the molecule is COc1ccc(C(NN)c2cc(Cl)ccc2Cl)cc1. The van der Waals surface area contributed by atoms with Crippen molar-refractivity contribution in [2.45, 2.75) is 6.04 Å². The minimum Gasteiger partial charge on any atom is -0.497 e. The number of halogens is 2. The van der Waals surface area contributed by atoms with Crippen LogP contribution in [0.3, 0.4) is 0 Å². The summed E-state index contributed by atoms with van der Waals surface area (Å²) in [5.41, 5.74) is 4.57. The molecule has 0 aromatic heterocycles. The highest BCUT2D eigenvalue weighted by Gasteiger charge is 2.16. The van der Waals surface area contributed by atoms with Crippen molar-refractivity contribution in [1.82, 2.24) is 5.43 Å². The molecule has 1 unspecified atom stereocenters. The lowest BCUT2D eigenvalue weighted by Crippen LogP contribution is -2.29. The minimum atomic E-state index is -0.225. The molecule has 0 radical (unpaired) electrons. The van der Waals surface area contributed by atoms with Crippen LogP contribution in [0.25, 0.3) is 0 Å². The zero-order valence-corrected chi connectivity index (χ0v) is 11.9. The Labute approximate surface area is 122 Å². The van der Waals surface area contributed by atoms with Crippen molar-refractivity contribution in [2.75, 3.05) is 7.11 Å². The van der Waals surface area contributed by atoms with Gasteiger partial charge in [-0.3, -0.25) is 5.84 Å². The number of methoxy groups -OCH3 is 1. The van der Waals surface area contributed by atoms with E-state index >= 15 is 0 Å². The topological polar surface area (TPSA) is 47.3 Å². The van der Waals surface area contributed by atoms with Crippen molar-refractivity contribution in [2.24, 2.45) is 5.84 Å². The molecule has 0 heterocycles. The van der Waals surface area contributed by atoms with Crippen molar-refractivity contribution >= 4 is 23.2 Å². The molecule has 3 nitrogen and oxygen atoms in total. The van der Waals surface area contributed by atoms with Crippen LogP contribution in [0.5, 0.6) is 5.75 Å². The number of hydrogen-bond donors (Lipinski definition) is 2. The first-order valence-electron chi connectivity index (χ1n) is 5.70. The Morgan fingerprint density at radius 3 is 2.37 bits per heavy atom. The summed E-state index contributed by atoms with van der Waals surface area (Å²) in [6.45, 7) is 0. The lowest BCUT2D eigenvalue weighted by molar-refractivity contribution is 0.414. The molecule has 0 spiro atoms. The molecule has 19 heavy (non-hydrogen) atoms. The quantitative estimate of drug-likeness (QED) is 0.670. The Kier molecular flexibility index (Phi) is 4.66. The molecule has 0 saturated carbocycles. The summed E-state index contributed by atoms with van der Waals surface area (Å²) in [4.78, 5) is 0. The van der Waals surface area contributed by atoms with Gasteiger partial charge in [0.1, 0.15) is 5.75 Å². The highest BCUT2D eigenvalue weighted by molar-refractivity contribution is 6.33. The number of hydrogen-bond acceptors (Lipinski definition) is 3. The third kappa shape index (κ3) is 3.19. The van der Waals surface area contributed by atoms with E-state index in [-0.39, 0.29) is 6.04 Å². The molecule has 0 amide bonds. The molecule has 2 aromatic carbocycles. The summed E-state index contributed by atoms with van der Waals surface area (Å²) in [7, 11) is 1.63. The Balaban J connectivity index is 2.40. The molecule has 0 fully saturated rings. The fourth-order valence-corrected chi connectivity index (χ4v) is 2.30. The average Bonchev–Trinajstić information content (AvgIpc) is 2.44. The molecule has 0 aliphatic heterocycles. The fourth-order valence-electron chi connectivity index (χ4n) is 1.90. The van der Waals surface area contributed by atoms with Crippen LogP contribution < -0.4 is 16.0 Å². The van der Waals surface area contributed by atoms with Crippen LogP contribution in [0.1, 0.15) is 17.2 Å². The predicted molar refractivity (Wildman–Crippen MR) is 78.6 cm³/mol. The van der Waals surface area contributed by atoms with Gasteiger partial charge in [0.15, 0.2) is 0 Å². The zero-order chi connectivity index (χ0) is 13.8. The second-order valence-corrected chi connectivity index (χ2v) is 4.88. The van der Waals surface area contributed by atoms with Gasteiger partial charge in [0.05, 0.1) is 13.2 Å². The molecule has 3 N–H and O–H groups in total. The van der Waals surface area contributed by atoms with Crippen LogP contribution in [-0.2, 0) is 0 Å². The largest absolute Gasteiger partial charge is 0.497 e. The summed E-state index contributed by atoms with van der Waals surface area (Å²) in [5, 5.41) is 1.23. The van der Waals surface area contributed by atoms with E-state index in [1.807, 2.05) is 24.3 Å². The van der Waals surface area contributed by atoms with Crippen molar-refractivity contribution in [3.63, 3.8) is 0 Å². The molecule has 100 valence electrons. The van der Waals surface area contributed by atoms with Crippen LogP contribution in [0.4, 0.5) is 0 Å². The van der Waals surface area contributed by atoms with Gasteiger partial charge in [-0.1, -0.05) is 35.3 Å². The van der Waals surface area contributed by atoms with E-state index in [0.29, 0.717) is 10.0 Å². The molecule has 0 aliphatic rings. The van der Waals surface area contributed by atoms with E-state index in [4.69, 9.17) is 33.8 Å². The average molecular weight is 297 g/mol. The maximum absolute atomic E-state index is 6.20. The van der Waals surface area contributed by atoms with Crippen molar-refractivity contribution in [3.8, 4) is 5.75 Å². The number of nitrogens with one attached hydrogen (secondary N) is 1. The third-order valence-electron chi connectivity index (χ3n) is 2.88. The van der Waals surface area contributed by atoms with Gasteiger partial charge in [-0.2, -0.15) is 0 Å². The number of ether oxygens (including phenoxy) is 1. The first-order valence-corrected chi connectivity index (χ1v) is 6.46. The highest BCUT2D eigenvalue weighted by Crippen LogP contribution is 2.30. The van der Waals surface area contributed by atoms with Crippen molar-refractivity contribution < 1.29 is 4.74 Å². The van der Waals surface area contributed by atoms with E-state index in [9.17, 15) is 0 Å². The smallest absolute Gasteiger partial charge is 0.118 e. The maximum atomic E-state index is 6.20. The summed E-state index contributed by atoms with van der Waals surface area (Å²) in [6.07, 6.45) is 0. The van der Waals surface area contributed by atoms with E-state index < -0.39 is 0 Å². The van der Waals surface area contributed by atoms with Crippen LogP contribution >= 0.6 is 23.2 Å². The Hall–Kier alpha value is -1.26. The summed E-state index contributed by atoms with van der Waals surface area (Å²) in [5.74, 6) is 6.43. The van der Waals surface area contributed by atoms with E-state index in [0.717, 1.165) is 16.9 Å². The molecular weight excluding hydrogens is 283 g/mol. The van der Waals surface area contributed by atoms with Gasteiger partial charge in [0.2, 0.25) is 0 Å². The Morgan fingerprint density at radius 1 is 1.11 bits per heavy atom. The number of rotatable bonds is 4. The van der Waals surface area contributed by atoms with Gasteiger partial charge >= 0.3 is 0 Å². The Bertz CT molecular complexity index is 558. The summed E-state index contributed by atoms with van der Waals surface area (Å²) >= 11 is 12.2. The van der Waals surface area contributed by atoms with Gasteiger partial charge in [0, 0.05) is 10.0 Å². The molecule has 2 aromatic rings. The van der Waals surface area contributed by atoms with Crippen LogP contribution in [-0.4, -0.2) is 7.11 Å². The van der Waals surface area contributed by atoms with Crippen molar-refractivity contribution in [1.29, 1.82) is 0 Å². The van der Waals surface area contributed by atoms with Gasteiger partial charge in [-0.05, 0) is 41.5 Å². The second kappa shape index (κ2) is 6.26. The molecule has 2 rings (SSSR count). The first kappa shape index (κ1) is 14.2. The molecule has 0 bridgehead atoms. The molecule has 0 saturated heterocycles. The summed E-state index contributed by atoms with van der Waals surface area (Å²) in [6, 6.07) is 12.7. The maximum Gasteiger partial charge on any atom is 0.118 e. The van der Waals surface area contributed by atoms with E-state index in [1.54, 1.807) is 25.3 Å². The van der Waals surface area contributed by atoms with E-state index in [1.165, 1.54) is 0 Å². The number of nitrogens with two attached hydrogens (primary N) is 1. The van der Waals surface area contributed by atoms with Gasteiger partial charge in [0.25, 0.3) is 0 Å². The zero-order valence-electron chi connectivity index (χ0n) is 10.4. The number of benzene rings is 2. The molecule has 0 aliphatic carbocycles. The van der Waals surface area contributed by atoms with Crippen molar-refractivity contribution in [3.05, 3.63) is 63.6 Å². The minimum absolute atomic E-state index is 0.225. The van der Waals surface area contributed by atoms with Crippen LogP contribution in [0.2, 0.25) is 10.0 Å². The number of hydrazine groups is 1. The lowest BCUT2D eigenvalue weighted by atomic mass is 9.99. The molecular formula is C14H14Cl2N2O. The monoisotopic (exact) mass is 296 g/mol. The predicted octanol–water partition coefficient (Wildman–Crippen LogP) is 3.55. The first-order chi connectivity index (χ1) is 9.15. The van der Waals surface area contributed by atoms with Gasteiger partial charge < -0.3 is 4.74 Å². The second-order valence-electron chi connectivity index (χ2n) is 4.04. The van der Waals surface area contributed by atoms with Gasteiger partial charge in [-0.25, -0.2) is 5.43 Å². The molecule has 1 atom stereocenters. The van der Waals surface area contributed by atoms with Crippen LogP contribution in [0.15, 0.2) is 42.5 Å². The van der Waals surface area contributed by atoms with E-state index in [2.05, 4.69) is 5.43 Å². The standard InChI is InChI=1S/C14H14Cl2N2O/c1-19-11-5-2-9(3-6-11)14(18-17)12-8-10(15)4-7-13(12)16/h2-8,14,18H,17H2,1H3. The normalized spacial score (nSPS) is 12.2.